The predicted octanol–water partition coefficient (Wildman–Crippen LogP) is -2.18. The molecular formula is C8H15NO7S2. The molecule has 0 fully saturated rings. The van der Waals surface area contributed by atoms with Gasteiger partial charge >= 0.3 is 0 Å². The minimum Gasteiger partial charge on any atom is -0.394 e. The summed E-state index contributed by atoms with van der Waals surface area (Å²) in [5, 5.41) is 43.8. The number of imide groups is 1. The third-order valence-corrected chi connectivity index (χ3v) is 2.64. The molecule has 0 aromatic heterocycles. The van der Waals surface area contributed by atoms with Crippen LogP contribution in [0.5, 0.6) is 0 Å². The van der Waals surface area contributed by atoms with E-state index in [1.54, 1.807) is 0 Å². The Labute approximate surface area is 114 Å². The quantitative estimate of drug-likeness (QED) is 0.277. The Balaban J connectivity index is 4.59. The fraction of sp³-hybridized carbons (Fsp3) is 0.750. The summed E-state index contributed by atoms with van der Waals surface area (Å²) in [4.78, 5) is 22.2. The second-order valence-electron chi connectivity index (χ2n) is 3.47. The molecule has 0 bridgehead atoms. The maximum absolute atomic E-state index is 10.9. The summed E-state index contributed by atoms with van der Waals surface area (Å²) in [7, 11) is 0. The number of rotatable bonds is 6. The second-order valence-corrected chi connectivity index (χ2v) is 4.24. The molecule has 0 rings (SSSR count). The van der Waals surface area contributed by atoms with Crippen LogP contribution in [0.4, 0.5) is 9.59 Å². The first kappa shape index (κ1) is 17.6. The zero-order valence-electron chi connectivity index (χ0n) is 9.12. The molecule has 4 unspecified atom stereocenters. The predicted molar refractivity (Wildman–Crippen MR) is 66.6 cm³/mol. The van der Waals surface area contributed by atoms with Gasteiger partial charge in [0.1, 0.15) is 24.4 Å². The van der Waals surface area contributed by atoms with Crippen molar-refractivity contribution < 1.29 is 35.1 Å². The zero-order chi connectivity index (χ0) is 14.5. The number of thiol groups is 2. The Morgan fingerprint density at radius 3 is 1.67 bits per heavy atom. The molecule has 0 aromatic carbocycles. The largest absolute Gasteiger partial charge is 0.394 e. The third-order valence-electron chi connectivity index (χ3n) is 2.16. The Bertz CT molecular complexity index is 289. The molecule has 5 N–H and O–H groups in total. The number of carbonyl (C=O) groups excluding carboxylic acids is 2. The van der Waals surface area contributed by atoms with Crippen LogP contribution in [0, 0.1) is 0 Å². The summed E-state index contributed by atoms with van der Waals surface area (Å²) >= 11 is 6.72. The summed E-state index contributed by atoms with van der Waals surface area (Å²) in [5.41, 5.74) is 0. The normalized spacial score (nSPS) is 17.7. The number of carbonyl (C=O) groups is 2. The van der Waals surface area contributed by atoms with E-state index < -0.39 is 48.0 Å². The van der Waals surface area contributed by atoms with Crippen LogP contribution in [0.1, 0.15) is 0 Å². The van der Waals surface area contributed by atoms with E-state index in [1.165, 1.54) is 0 Å². The average molecular weight is 301 g/mol. The van der Waals surface area contributed by atoms with Crippen LogP contribution in [-0.4, -0.2) is 78.5 Å². The summed E-state index contributed by atoms with van der Waals surface area (Å²) < 4.78 is 0. The van der Waals surface area contributed by atoms with E-state index in [9.17, 15) is 24.9 Å². The fourth-order valence-corrected chi connectivity index (χ4v) is 1.52. The van der Waals surface area contributed by atoms with Crippen molar-refractivity contribution in [1.82, 2.24) is 4.90 Å². The number of hydrogen-bond acceptors (Lipinski definition) is 7. The van der Waals surface area contributed by atoms with E-state index in [0.29, 0.717) is 4.90 Å². The van der Waals surface area contributed by atoms with Gasteiger partial charge in [0.05, 0.1) is 13.2 Å². The Morgan fingerprint density at radius 2 is 1.33 bits per heavy atom. The Kier molecular flexibility index (Phi) is 7.78. The van der Waals surface area contributed by atoms with Gasteiger partial charge in [-0.05, 0) is 0 Å². The first-order chi connectivity index (χ1) is 8.22. The zero-order valence-corrected chi connectivity index (χ0v) is 10.9. The van der Waals surface area contributed by atoms with E-state index in [0.717, 1.165) is 0 Å². The van der Waals surface area contributed by atoms with E-state index in [2.05, 4.69) is 25.3 Å². The van der Waals surface area contributed by atoms with E-state index in [-0.39, 0.29) is 0 Å². The summed E-state index contributed by atoms with van der Waals surface area (Å²) in [6, 6.07) is 0. The fourth-order valence-electron chi connectivity index (χ4n) is 1.10. The van der Waals surface area contributed by atoms with Gasteiger partial charge in [-0.3, -0.25) is 14.5 Å². The molecule has 0 spiro atoms. The monoisotopic (exact) mass is 301 g/mol. The minimum absolute atomic E-state index is 0.415. The smallest absolute Gasteiger partial charge is 0.285 e. The lowest BCUT2D eigenvalue weighted by Crippen LogP contribution is -2.50. The molecule has 10 heteroatoms. The lowest BCUT2D eigenvalue weighted by molar-refractivity contribution is -0.116. The maximum atomic E-state index is 10.9. The molecule has 18 heavy (non-hydrogen) atoms. The van der Waals surface area contributed by atoms with Crippen molar-refractivity contribution in [3.05, 3.63) is 0 Å². The molecule has 2 amide bonds. The van der Waals surface area contributed by atoms with Crippen LogP contribution in [-0.2, 0) is 0 Å². The van der Waals surface area contributed by atoms with Gasteiger partial charge in [0, 0.05) is 0 Å². The lowest BCUT2D eigenvalue weighted by atomic mass is 10.0. The van der Waals surface area contributed by atoms with E-state index >= 15 is 0 Å². The van der Waals surface area contributed by atoms with Crippen LogP contribution in [0.15, 0.2) is 0 Å². The maximum Gasteiger partial charge on any atom is 0.285 e. The van der Waals surface area contributed by atoms with Crippen LogP contribution in [0.25, 0.3) is 0 Å². The molecule has 0 saturated carbocycles. The standard InChI is InChI=1S/C8H15NO7S2/c10-2-4(12)6(14)5(13)3(11)1-9(7(15)17)8(16)18/h3-6,10-14H,1-2H2,(H,15,17)(H,16,18). The number of aliphatic hydroxyl groups is 5. The first-order valence-electron chi connectivity index (χ1n) is 4.78. The third kappa shape index (κ3) is 5.10. The van der Waals surface area contributed by atoms with Gasteiger partial charge in [0.15, 0.2) is 0 Å². The van der Waals surface area contributed by atoms with Gasteiger partial charge in [-0.2, -0.15) is 0 Å². The van der Waals surface area contributed by atoms with Crippen molar-refractivity contribution in [1.29, 1.82) is 0 Å². The van der Waals surface area contributed by atoms with Gasteiger partial charge in [0.25, 0.3) is 10.5 Å². The minimum atomic E-state index is -1.87. The highest BCUT2D eigenvalue weighted by atomic mass is 32.1. The molecule has 0 heterocycles. The second kappa shape index (κ2) is 7.94. The number of aliphatic hydroxyl groups excluding tert-OH is 5. The Morgan fingerprint density at radius 1 is 0.944 bits per heavy atom. The first-order valence-corrected chi connectivity index (χ1v) is 5.68. The molecule has 0 radical (unpaired) electrons. The van der Waals surface area contributed by atoms with Gasteiger partial charge in [-0.1, -0.05) is 25.3 Å². The highest BCUT2D eigenvalue weighted by Gasteiger charge is 2.32. The van der Waals surface area contributed by atoms with Crippen molar-refractivity contribution in [2.75, 3.05) is 13.2 Å². The van der Waals surface area contributed by atoms with Crippen molar-refractivity contribution in [3.63, 3.8) is 0 Å². The molecule has 4 atom stereocenters. The van der Waals surface area contributed by atoms with Crippen molar-refractivity contribution >= 4 is 35.7 Å². The van der Waals surface area contributed by atoms with E-state index in [1.807, 2.05) is 0 Å². The molecule has 0 aromatic rings. The Hall–Kier alpha value is -0.360. The van der Waals surface area contributed by atoms with Crippen LogP contribution >= 0.6 is 25.3 Å². The molecule has 8 nitrogen and oxygen atoms in total. The summed E-state index contributed by atoms with van der Waals surface area (Å²) in [6.45, 7) is -1.49. The number of hydrogen-bond donors (Lipinski definition) is 7. The molecular weight excluding hydrogens is 286 g/mol. The van der Waals surface area contributed by atoms with Crippen LogP contribution in [0.2, 0.25) is 0 Å². The van der Waals surface area contributed by atoms with Crippen molar-refractivity contribution in [2.24, 2.45) is 0 Å². The highest BCUT2D eigenvalue weighted by molar-refractivity contribution is 7.98. The molecule has 106 valence electrons. The van der Waals surface area contributed by atoms with Crippen molar-refractivity contribution in [3.8, 4) is 0 Å². The molecule has 0 aliphatic rings. The molecule has 0 aliphatic heterocycles. The van der Waals surface area contributed by atoms with Crippen molar-refractivity contribution in [2.45, 2.75) is 24.4 Å². The van der Waals surface area contributed by atoms with Crippen LogP contribution in [0.3, 0.4) is 0 Å². The van der Waals surface area contributed by atoms with Gasteiger partial charge < -0.3 is 25.5 Å². The van der Waals surface area contributed by atoms with E-state index in [4.69, 9.17) is 10.2 Å². The van der Waals surface area contributed by atoms with Gasteiger partial charge in [-0.25, -0.2) is 0 Å². The summed E-state index contributed by atoms with van der Waals surface area (Å²) in [5.74, 6) is 0. The number of nitrogens with zero attached hydrogens (tertiary/aromatic N) is 1. The highest BCUT2D eigenvalue weighted by Crippen LogP contribution is 2.09. The molecule has 0 aliphatic carbocycles. The van der Waals surface area contributed by atoms with Crippen LogP contribution < -0.4 is 0 Å². The SMILES string of the molecule is O=C(S)N(CC(O)C(O)C(O)C(O)CO)C(=O)S. The molecule has 0 saturated heterocycles. The van der Waals surface area contributed by atoms with Gasteiger partial charge in [0.2, 0.25) is 0 Å². The lowest BCUT2D eigenvalue weighted by Gasteiger charge is -2.28. The van der Waals surface area contributed by atoms with Gasteiger partial charge in [-0.15, -0.1) is 0 Å². The topological polar surface area (TPSA) is 139 Å². The number of amides is 2. The average Bonchev–Trinajstić information content (AvgIpc) is 2.31. The summed E-state index contributed by atoms with van der Waals surface area (Å²) in [6.07, 6.45) is -7.10.